The van der Waals surface area contributed by atoms with Crippen LogP contribution < -0.4 is 10.1 Å². The van der Waals surface area contributed by atoms with E-state index in [9.17, 15) is 4.39 Å². The van der Waals surface area contributed by atoms with E-state index in [0.29, 0.717) is 17.9 Å². The molecule has 0 fully saturated rings. The van der Waals surface area contributed by atoms with Gasteiger partial charge in [0.05, 0.1) is 0 Å². The van der Waals surface area contributed by atoms with Gasteiger partial charge in [-0.15, -0.1) is 0 Å². The van der Waals surface area contributed by atoms with Crippen molar-refractivity contribution in [2.45, 2.75) is 6.42 Å². The molecular formula is C19H17FN2O. The molecule has 4 heteroatoms. The quantitative estimate of drug-likeness (QED) is 0.745. The molecule has 0 bridgehead atoms. The Bertz CT molecular complexity index is 790. The van der Waals surface area contributed by atoms with E-state index in [2.05, 4.69) is 10.3 Å². The van der Waals surface area contributed by atoms with Gasteiger partial charge in [0.25, 0.3) is 0 Å². The molecule has 0 radical (unpaired) electrons. The molecule has 0 aliphatic rings. The fourth-order valence-electron chi connectivity index (χ4n) is 2.29. The van der Waals surface area contributed by atoms with E-state index in [-0.39, 0.29) is 5.75 Å². The van der Waals surface area contributed by atoms with Crippen molar-refractivity contribution in [3.8, 4) is 11.5 Å². The number of pyridine rings is 1. The van der Waals surface area contributed by atoms with Crippen LogP contribution in [-0.4, -0.2) is 12.0 Å². The molecule has 1 N–H and O–H groups in total. The Labute approximate surface area is 134 Å². The number of rotatable bonds is 5. The van der Waals surface area contributed by atoms with Crippen LogP contribution in [0.4, 0.5) is 10.1 Å². The van der Waals surface area contributed by atoms with Crippen LogP contribution in [0.5, 0.6) is 11.5 Å². The fraction of sp³-hybridized carbons (Fsp3) is 0.105. The van der Waals surface area contributed by atoms with Gasteiger partial charge >= 0.3 is 0 Å². The average Bonchev–Trinajstić information content (AvgIpc) is 2.58. The van der Waals surface area contributed by atoms with E-state index in [0.717, 1.165) is 5.69 Å². The molecule has 116 valence electrons. The molecule has 3 nitrogen and oxygen atoms in total. The molecule has 0 aliphatic carbocycles. The monoisotopic (exact) mass is 308 g/mol. The molecule has 0 aliphatic heterocycles. The van der Waals surface area contributed by atoms with E-state index in [1.54, 1.807) is 31.4 Å². The molecule has 0 atom stereocenters. The molecule has 0 unspecified atom stereocenters. The number of nitrogens with zero attached hydrogens (tertiary/aromatic N) is 1. The minimum absolute atomic E-state index is 0.195. The van der Waals surface area contributed by atoms with Crippen molar-refractivity contribution < 1.29 is 9.13 Å². The minimum Gasteiger partial charge on any atom is -0.454 e. The summed E-state index contributed by atoms with van der Waals surface area (Å²) in [5, 5.41) is 2.89. The van der Waals surface area contributed by atoms with Gasteiger partial charge in [0.15, 0.2) is 11.6 Å². The summed E-state index contributed by atoms with van der Waals surface area (Å²) in [7, 11) is 1.74. The predicted molar refractivity (Wildman–Crippen MR) is 89.5 cm³/mol. The maximum atomic E-state index is 14.0. The molecule has 3 aromatic rings. The number of aromatic nitrogens is 1. The number of hydrogen-bond acceptors (Lipinski definition) is 3. The summed E-state index contributed by atoms with van der Waals surface area (Å²) in [5.74, 6) is 0.362. The van der Waals surface area contributed by atoms with Crippen molar-refractivity contribution in [2.24, 2.45) is 0 Å². The number of ether oxygens (including phenoxy) is 1. The molecule has 1 heterocycles. The van der Waals surface area contributed by atoms with Gasteiger partial charge in [-0.25, -0.2) is 4.39 Å². The lowest BCUT2D eigenvalue weighted by Crippen LogP contribution is -1.95. The summed E-state index contributed by atoms with van der Waals surface area (Å²) in [6, 6.07) is 18.4. The summed E-state index contributed by atoms with van der Waals surface area (Å²) < 4.78 is 19.6. The lowest BCUT2D eigenvalue weighted by atomic mass is 10.1. The van der Waals surface area contributed by atoms with Crippen LogP contribution in [0.25, 0.3) is 0 Å². The molecule has 2 aromatic carbocycles. The van der Waals surface area contributed by atoms with Gasteiger partial charge < -0.3 is 10.1 Å². The topological polar surface area (TPSA) is 34.1 Å². The molecule has 1 aromatic heterocycles. The SMILES string of the molecule is CNc1ccc(Oc2ccnc(Cc3ccccc3)c2)c(F)c1. The third-order valence-corrected chi connectivity index (χ3v) is 3.46. The second-order valence-corrected chi connectivity index (χ2v) is 5.14. The first-order valence-electron chi connectivity index (χ1n) is 7.38. The number of anilines is 1. The lowest BCUT2D eigenvalue weighted by molar-refractivity contribution is 0.441. The average molecular weight is 308 g/mol. The molecule has 0 saturated carbocycles. The van der Waals surface area contributed by atoms with E-state index in [4.69, 9.17) is 4.74 Å². The predicted octanol–water partition coefficient (Wildman–Crippen LogP) is 4.65. The van der Waals surface area contributed by atoms with Gasteiger partial charge in [-0.3, -0.25) is 4.98 Å². The van der Waals surface area contributed by atoms with Gasteiger partial charge in [0, 0.05) is 43.2 Å². The molecule has 0 spiro atoms. The summed E-state index contributed by atoms with van der Waals surface area (Å²) >= 11 is 0. The summed E-state index contributed by atoms with van der Waals surface area (Å²) in [5.41, 5.74) is 2.75. The zero-order valence-corrected chi connectivity index (χ0v) is 12.8. The highest BCUT2D eigenvalue weighted by molar-refractivity contribution is 5.47. The van der Waals surface area contributed by atoms with Crippen molar-refractivity contribution in [2.75, 3.05) is 12.4 Å². The highest BCUT2D eigenvalue weighted by atomic mass is 19.1. The molecular weight excluding hydrogens is 291 g/mol. The van der Waals surface area contributed by atoms with Crippen LogP contribution >= 0.6 is 0 Å². The first kappa shape index (κ1) is 15.0. The summed E-state index contributed by atoms with van der Waals surface area (Å²) in [4.78, 5) is 4.34. The number of hydrogen-bond donors (Lipinski definition) is 1. The Morgan fingerprint density at radius 2 is 1.87 bits per heavy atom. The van der Waals surface area contributed by atoms with Gasteiger partial charge in [-0.1, -0.05) is 30.3 Å². The van der Waals surface area contributed by atoms with Gasteiger partial charge in [0.1, 0.15) is 5.75 Å². The lowest BCUT2D eigenvalue weighted by Gasteiger charge is -2.09. The maximum Gasteiger partial charge on any atom is 0.167 e. The molecule has 0 amide bonds. The highest BCUT2D eigenvalue weighted by Gasteiger charge is 2.07. The number of nitrogens with one attached hydrogen (secondary N) is 1. The minimum atomic E-state index is -0.404. The van der Waals surface area contributed by atoms with Gasteiger partial charge in [-0.2, -0.15) is 0 Å². The standard InChI is InChI=1S/C19H17FN2O/c1-21-15-7-8-19(18(20)13-15)23-17-9-10-22-16(12-17)11-14-5-3-2-4-6-14/h2-10,12-13,21H,11H2,1H3. The van der Waals surface area contributed by atoms with Crippen LogP contribution in [0.3, 0.4) is 0 Å². The number of halogens is 1. The maximum absolute atomic E-state index is 14.0. The molecule has 3 rings (SSSR count). The zero-order chi connectivity index (χ0) is 16.1. The van der Waals surface area contributed by atoms with E-state index < -0.39 is 5.82 Å². The van der Waals surface area contributed by atoms with Crippen molar-refractivity contribution in [3.05, 3.63) is 83.9 Å². The third-order valence-electron chi connectivity index (χ3n) is 3.46. The largest absolute Gasteiger partial charge is 0.454 e. The Kier molecular flexibility index (Phi) is 4.52. The van der Waals surface area contributed by atoms with Crippen molar-refractivity contribution in [3.63, 3.8) is 0 Å². The van der Waals surface area contributed by atoms with Gasteiger partial charge in [-0.05, 0) is 23.8 Å². The van der Waals surface area contributed by atoms with Crippen LogP contribution in [-0.2, 0) is 6.42 Å². The zero-order valence-electron chi connectivity index (χ0n) is 12.8. The van der Waals surface area contributed by atoms with E-state index >= 15 is 0 Å². The second kappa shape index (κ2) is 6.92. The normalized spacial score (nSPS) is 10.3. The van der Waals surface area contributed by atoms with E-state index in [1.807, 2.05) is 36.4 Å². The molecule has 23 heavy (non-hydrogen) atoms. The first-order chi connectivity index (χ1) is 11.2. The Balaban J connectivity index is 1.77. The van der Waals surface area contributed by atoms with Crippen LogP contribution in [0.1, 0.15) is 11.3 Å². The van der Waals surface area contributed by atoms with Crippen molar-refractivity contribution in [1.29, 1.82) is 0 Å². The first-order valence-corrected chi connectivity index (χ1v) is 7.38. The molecule has 0 saturated heterocycles. The number of benzene rings is 2. The van der Waals surface area contributed by atoms with Crippen LogP contribution in [0, 0.1) is 5.82 Å². The summed E-state index contributed by atoms with van der Waals surface area (Å²) in [6.45, 7) is 0. The Morgan fingerprint density at radius 1 is 1.04 bits per heavy atom. The van der Waals surface area contributed by atoms with Crippen molar-refractivity contribution >= 4 is 5.69 Å². The Morgan fingerprint density at radius 3 is 2.61 bits per heavy atom. The second-order valence-electron chi connectivity index (χ2n) is 5.14. The van der Waals surface area contributed by atoms with Crippen LogP contribution in [0.2, 0.25) is 0 Å². The van der Waals surface area contributed by atoms with Crippen LogP contribution in [0.15, 0.2) is 66.9 Å². The van der Waals surface area contributed by atoms with E-state index in [1.165, 1.54) is 11.6 Å². The Hall–Kier alpha value is -2.88. The van der Waals surface area contributed by atoms with Gasteiger partial charge in [0.2, 0.25) is 0 Å². The third kappa shape index (κ3) is 3.86. The fourth-order valence-corrected chi connectivity index (χ4v) is 2.29. The highest BCUT2D eigenvalue weighted by Crippen LogP contribution is 2.27. The summed E-state index contributed by atoms with van der Waals surface area (Å²) in [6.07, 6.45) is 2.38. The smallest absolute Gasteiger partial charge is 0.167 e. The van der Waals surface area contributed by atoms with Crippen molar-refractivity contribution in [1.82, 2.24) is 4.98 Å².